The molecule has 5 nitrogen and oxygen atoms in total. The van der Waals surface area contributed by atoms with Crippen LogP contribution < -0.4 is 4.90 Å². The van der Waals surface area contributed by atoms with Crippen LogP contribution in [-0.4, -0.2) is 46.1 Å². The van der Waals surface area contributed by atoms with E-state index < -0.39 is 0 Å². The Labute approximate surface area is 112 Å². The van der Waals surface area contributed by atoms with Crippen LogP contribution in [0.15, 0.2) is 6.07 Å². The first-order valence-corrected chi connectivity index (χ1v) is 6.77. The normalized spacial score (nSPS) is 18.6. The third-order valence-electron chi connectivity index (χ3n) is 3.08. The van der Waals surface area contributed by atoms with Crippen LogP contribution in [0.25, 0.3) is 0 Å². The zero-order valence-electron chi connectivity index (χ0n) is 11.6. The summed E-state index contributed by atoms with van der Waals surface area (Å²) in [6.45, 7) is 9.71. The fourth-order valence-electron chi connectivity index (χ4n) is 1.86. The molecule has 0 atom stereocenters. The van der Waals surface area contributed by atoms with Crippen LogP contribution >= 0.6 is 11.5 Å². The van der Waals surface area contributed by atoms with E-state index in [1.54, 1.807) is 9.80 Å². The van der Waals surface area contributed by atoms with Gasteiger partial charge >= 0.3 is 6.03 Å². The average molecular weight is 268 g/mol. The van der Waals surface area contributed by atoms with E-state index in [0.717, 1.165) is 10.7 Å². The monoisotopic (exact) mass is 268 g/mol. The van der Waals surface area contributed by atoms with Crippen molar-refractivity contribution in [3.63, 3.8) is 0 Å². The molecule has 2 rings (SSSR count). The van der Waals surface area contributed by atoms with Crippen LogP contribution in [0.2, 0.25) is 0 Å². The molecule has 0 N–H and O–H groups in total. The number of anilines is 1. The van der Waals surface area contributed by atoms with E-state index >= 15 is 0 Å². The molecule has 1 aliphatic heterocycles. The second kappa shape index (κ2) is 4.51. The second-order valence-corrected chi connectivity index (χ2v) is 6.49. The van der Waals surface area contributed by atoms with Crippen molar-refractivity contribution in [2.75, 3.05) is 25.3 Å². The molecule has 1 aromatic heterocycles. The van der Waals surface area contributed by atoms with Crippen molar-refractivity contribution < 1.29 is 4.79 Å². The average Bonchev–Trinajstić information content (AvgIpc) is 2.67. The maximum absolute atomic E-state index is 12.2. The van der Waals surface area contributed by atoms with Crippen LogP contribution in [0.3, 0.4) is 0 Å². The van der Waals surface area contributed by atoms with Gasteiger partial charge < -0.3 is 4.90 Å². The Kier molecular flexibility index (Phi) is 3.33. The van der Waals surface area contributed by atoms with E-state index in [1.807, 2.05) is 20.0 Å². The van der Waals surface area contributed by atoms with E-state index in [9.17, 15) is 4.79 Å². The van der Waals surface area contributed by atoms with Gasteiger partial charge in [-0.3, -0.25) is 9.80 Å². The van der Waals surface area contributed by atoms with Crippen LogP contribution in [0.5, 0.6) is 0 Å². The number of nitrogens with zero attached hydrogens (tertiary/aromatic N) is 4. The summed E-state index contributed by atoms with van der Waals surface area (Å²) >= 11 is 1.38. The molecule has 1 aliphatic rings. The smallest absolute Gasteiger partial charge is 0.314 e. The van der Waals surface area contributed by atoms with E-state index in [-0.39, 0.29) is 11.6 Å². The predicted octanol–water partition coefficient (Wildman–Crippen LogP) is 2.34. The molecule has 0 aromatic carbocycles. The minimum absolute atomic E-state index is 0.0347. The molecule has 0 aliphatic carbocycles. The first-order chi connectivity index (χ1) is 8.29. The number of amides is 2. The van der Waals surface area contributed by atoms with Crippen LogP contribution in [0, 0.1) is 6.92 Å². The number of rotatable bonds is 1. The molecule has 1 fully saturated rings. The van der Waals surface area contributed by atoms with Gasteiger partial charge in [0, 0.05) is 12.6 Å². The lowest BCUT2D eigenvalue weighted by Crippen LogP contribution is -2.61. The molecule has 0 bridgehead atoms. The van der Waals surface area contributed by atoms with Crippen LogP contribution in [-0.2, 0) is 0 Å². The van der Waals surface area contributed by atoms with Gasteiger partial charge in [-0.2, -0.15) is 4.37 Å². The molecular formula is C12H20N4OS. The fraction of sp³-hybridized carbons (Fsp3) is 0.667. The van der Waals surface area contributed by atoms with Gasteiger partial charge in [-0.25, -0.2) is 4.79 Å². The second-order valence-electron chi connectivity index (χ2n) is 5.71. The summed E-state index contributed by atoms with van der Waals surface area (Å²) in [5, 5.41) is 0.915. The highest BCUT2D eigenvalue weighted by Crippen LogP contribution is 2.27. The van der Waals surface area contributed by atoms with Crippen molar-refractivity contribution >= 4 is 22.6 Å². The minimum atomic E-state index is 0.0347. The standard InChI is InChI=1S/C12H20N4OS/c1-9-6-10(18-13-9)16-8-15(12(2,3)4)7-14(5)11(16)17/h6H,7-8H2,1-5H3. The van der Waals surface area contributed by atoms with Gasteiger partial charge in [-0.15, -0.1) is 0 Å². The lowest BCUT2D eigenvalue weighted by atomic mass is 10.1. The molecular weight excluding hydrogens is 248 g/mol. The lowest BCUT2D eigenvalue weighted by Gasteiger charge is -2.45. The Morgan fingerprint density at radius 3 is 2.50 bits per heavy atom. The molecule has 2 heterocycles. The Bertz CT molecular complexity index is 451. The van der Waals surface area contributed by atoms with Gasteiger partial charge in [0.15, 0.2) is 0 Å². The molecule has 1 saturated heterocycles. The maximum atomic E-state index is 12.2. The highest BCUT2D eigenvalue weighted by Gasteiger charge is 2.34. The Hall–Kier alpha value is -1.14. The first kappa shape index (κ1) is 13.3. The summed E-state index contributed by atoms with van der Waals surface area (Å²) in [5.74, 6) is 0. The highest BCUT2D eigenvalue weighted by atomic mass is 32.1. The van der Waals surface area contributed by atoms with Crippen LogP contribution in [0.1, 0.15) is 26.5 Å². The Balaban J connectivity index is 2.25. The minimum Gasteiger partial charge on any atom is -0.314 e. The summed E-state index contributed by atoms with van der Waals surface area (Å²) in [5.41, 5.74) is 0.991. The van der Waals surface area contributed by atoms with Crippen molar-refractivity contribution in [2.45, 2.75) is 33.2 Å². The number of carbonyl (C=O) groups excluding carboxylic acids is 1. The third-order valence-corrected chi connectivity index (χ3v) is 3.99. The van der Waals surface area contributed by atoms with Gasteiger partial charge in [0.05, 0.1) is 19.0 Å². The fourth-order valence-corrected chi connectivity index (χ4v) is 2.61. The summed E-state index contributed by atoms with van der Waals surface area (Å²) in [6.07, 6.45) is 0. The van der Waals surface area contributed by atoms with Gasteiger partial charge in [0.1, 0.15) is 5.00 Å². The van der Waals surface area contributed by atoms with Crippen molar-refractivity contribution in [1.29, 1.82) is 0 Å². The number of aromatic nitrogens is 1. The number of hydrogen-bond acceptors (Lipinski definition) is 4. The van der Waals surface area contributed by atoms with Gasteiger partial charge in [-0.05, 0) is 45.3 Å². The zero-order valence-corrected chi connectivity index (χ0v) is 12.4. The number of hydrogen-bond donors (Lipinski definition) is 0. The number of urea groups is 1. The summed E-state index contributed by atoms with van der Waals surface area (Å²) < 4.78 is 4.25. The summed E-state index contributed by atoms with van der Waals surface area (Å²) in [6, 6.07) is 2.00. The van der Waals surface area contributed by atoms with Gasteiger partial charge in [-0.1, -0.05) is 0 Å². The predicted molar refractivity (Wildman–Crippen MR) is 73.8 cm³/mol. The Morgan fingerprint density at radius 2 is 2.00 bits per heavy atom. The Morgan fingerprint density at radius 1 is 1.33 bits per heavy atom. The van der Waals surface area contributed by atoms with E-state index in [0.29, 0.717) is 13.3 Å². The molecule has 100 valence electrons. The molecule has 1 aromatic rings. The lowest BCUT2D eigenvalue weighted by molar-refractivity contribution is 0.0620. The maximum Gasteiger partial charge on any atom is 0.327 e. The van der Waals surface area contributed by atoms with Crippen molar-refractivity contribution in [3.8, 4) is 0 Å². The molecule has 0 unspecified atom stereocenters. The molecule has 0 saturated carbocycles. The van der Waals surface area contributed by atoms with E-state index in [4.69, 9.17) is 0 Å². The summed E-state index contributed by atoms with van der Waals surface area (Å²) in [7, 11) is 1.83. The SMILES string of the molecule is Cc1cc(N2CN(C(C)(C)C)CN(C)C2=O)sn1. The molecule has 0 spiro atoms. The van der Waals surface area contributed by atoms with Gasteiger partial charge in [0.2, 0.25) is 0 Å². The molecule has 0 radical (unpaired) electrons. The zero-order chi connectivity index (χ0) is 13.5. The van der Waals surface area contributed by atoms with Gasteiger partial charge in [0.25, 0.3) is 0 Å². The quantitative estimate of drug-likeness (QED) is 0.785. The van der Waals surface area contributed by atoms with Crippen molar-refractivity contribution in [2.24, 2.45) is 0 Å². The van der Waals surface area contributed by atoms with Crippen molar-refractivity contribution in [1.82, 2.24) is 14.2 Å². The topological polar surface area (TPSA) is 39.7 Å². The highest BCUT2D eigenvalue weighted by molar-refractivity contribution is 7.10. The van der Waals surface area contributed by atoms with Crippen LogP contribution in [0.4, 0.5) is 9.80 Å². The molecule has 6 heteroatoms. The molecule has 2 amide bonds. The summed E-state index contributed by atoms with van der Waals surface area (Å²) in [4.78, 5) is 18.0. The third kappa shape index (κ3) is 2.49. The number of aryl methyl sites for hydroxylation is 1. The largest absolute Gasteiger partial charge is 0.327 e. The van der Waals surface area contributed by atoms with E-state index in [2.05, 4.69) is 30.0 Å². The first-order valence-electron chi connectivity index (χ1n) is 6.00. The number of carbonyl (C=O) groups is 1. The van der Waals surface area contributed by atoms with E-state index in [1.165, 1.54) is 11.5 Å². The molecule has 18 heavy (non-hydrogen) atoms. The van der Waals surface area contributed by atoms with Crippen molar-refractivity contribution in [3.05, 3.63) is 11.8 Å².